The van der Waals surface area contributed by atoms with Crippen LogP contribution in [0.15, 0.2) is 23.4 Å². The molecule has 6 heteroatoms. The highest BCUT2D eigenvalue weighted by Crippen LogP contribution is 2.23. The lowest BCUT2D eigenvalue weighted by Gasteiger charge is -2.13. The number of benzene rings is 1. The summed E-state index contributed by atoms with van der Waals surface area (Å²) >= 11 is 0. The molecule has 6 nitrogen and oxygen atoms in total. The molecular formula is C15H20N2O4. The molecule has 0 unspecified atom stereocenters. The predicted molar refractivity (Wildman–Crippen MR) is 78.9 cm³/mol. The van der Waals surface area contributed by atoms with Crippen LogP contribution in [0.2, 0.25) is 0 Å². The van der Waals surface area contributed by atoms with E-state index in [1.165, 1.54) is 6.21 Å². The standard InChI is InChI=1S/C15H20N2O4/c1-19-13-6-5-12(14(9-13)20-2)10-16-21-11-15(18)17-7-3-4-8-17/h5-6,9-10H,3-4,7-8,11H2,1-2H3. The Morgan fingerprint density at radius 2 is 2.05 bits per heavy atom. The van der Waals surface area contributed by atoms with Gasteiger partial charge in [0, 0.05) is 24.7 Å². The molecule has 0 aliphatic carbocycles. The molecule has 0 saturated carbocycles. The van der Waals surface area contributed by atoms with E-state index in [1.807, 2.05) is 6.07 Å². The lowest BCUT2D eigenvalue weighted by Crippen LogP contribution is -2.30. The fourth-order valence-electron chi connectivity index (χ4n) is 2.17. The van der Waals surface area contributed by atoms with Crippen molar-refractivity contribution in [3.8, 4) is 11.5 Å². The SMILES string of the molecule is COc1ccc(C=NOCC(=O)N2CCCC2)c(OC)c1. The smallest absolute Gasteiger partial charge is 0.263 e. The van der Waals surface area contributed by atoms with E-state index >= 15 is 0 Å². The molecule has 0 spiro atoms. The van der Waals surface area contributed by atoms with Gasteiger partial charge in [-0.3, -0.25) is 4.79 Å². The van der Waals surface area contributed by atoms with Crippen molar-refractivity contribution in [1.82, 2.24) is 4.90 Å². The highest BCUT2D eigenvalue weighted by atomic mass is 16.6. The van der Waals surface area contributed by atoms with Crippen molar-refractivity contribution in [2.45, 2.75) is 12.8 Å². The molecule has 0 atom stereocenters. The predicted octanol–water partition coefficient (Wildman–Crippen LogP) is 1.68. The maximum atomic E-state index is 11.7. The van der Waals surface area contributed by atoms with Crippen LogP contribution in [-0.4, -0.2) is 50.9 Å². The van der Waals surface area contributed by atoms with Crippen LogP contribution in [0.5, 0.6) is 11.5 Å². The first kappa shape index (κ1) is 15.2. The van der Waals surface area contributed by atoms with Crippen molar-refractivity contribution in [2.75, 3.05) is 33.9 Å². The summed E-state index contributed by atoms with van der Waals surface area (Å²) in [6, 6.07) is 5.38. The summed E-state index contributed by atoms with van der Waals surface area (Å²) in [5.74, 6) is 1.31. The zero-order chi connectivity index (χ0) is 15.1. The van der Waals surface area contributed by atoms with Crippen LogP contribution in [0, 0.1) is 0 Å². The molecule has 0 aromatic heterocycles. The summed E-state index contributed by atoms with van der Waals surface area (Å²) < 4.78 is 10.4. The average molecular weight is 292 g/mol. The van der Waals surface area contributed by atoms with Crippen LogP contribution in [0.3, 0.4) is 0 Å². The van der Waals surface area contributed by atoms with Gasteiger partial charge in [-0.05, 0) is 25.0 Å². The molecule has 0 radical (unpaired) electrons. The molecule has 2 rings (SSSR count). The molecule has 1 aliphatic rings. The van der Waals surface area contributed by atoms with Gasteiger partial charge in [-0.25, -0.2) is 0 Å². The van der Waals surface area contributed by atoms with Crippen molar-refractivity contribution >= 4 is 12.1 Å². The monoisotopic (exact) mass is 292 g/mol. The van der Waals surface area contributed by atoms with Crippen LogP contribution in [0.1, 0.15) is 18.4 Å². The maximum Gasteiger partial charge on any atom is 0.263 e. The van der Waals surface area contributed by atoms with Gasteiger partial charge < -0.3 is 19.2 Å². The zero-order valence-electron chi connectivity index (χ0n) is 12.4. The summed E-state index contributed by atoms with van der Waals surface area (Å²) in [6.07, 6.45) is 3.66. The molecular weight excluding hydrogens is 272 g/mol. The number of hydrogen-bond donors (Lipinski definition) is 0. The van der Waals surface area contributed by atoms with Gasteiger partial charge in [-0.15, -0.1) is 0 Å². The van der Waals surface area contributed by atoms with E-state index in [0.29, 0.717) is 11.5 Å². The first-order valence-electron chi connectivity index (χ1n) is 6.89. The van der Waals surface area contributed by atoms with Crippen LogP contribution in [0.4, 0.5) is 0 Å². The number of nitrogens with zero attached hydrogens (tertiary/aromatic N) is 2. The topological polar surface area (TPSA) is 60.4 Å². The first-order valence-corrected chi connectivity index (χ1v) is 6.89. The molecule has 1 heterocycles. The van der Waals surface area contributed by atoms with Crippen LogP contribution >= 0.6 is 0 Å². The number of amides is 1. The fraction of sp³-hybridized carbons (Fsp3) is 0.467. The number of oxime groups is 1. The second-order valence-electron chi connectivity index (χ2n) is 4.70. The van der Waals surface area contributed by atoms with Crippen LogP contribution < -0.4 is 9.47 Å². The third kappa shape index (κ3) is 4.11. The van der Waals surface area contributed by atoms with Crippen molar-refractivity contribution in [2.24, 2.45) is 5.16 Å². The molecule has 1 aromatic rings. The van der Waals surface area contributed by atoms with E-state index in [0.717, 1.165) is 31.5 Å². The summed E-state index contributed by atoms with van der Waals surface area (Å²) in [6.45, 7) is 1.60. The Labute approximate surface area is 124 Å². The van der Waals surface area contributed by atoms with Gasteiger partial charge in [0.15, 0.2) is 6.61 Å². The molecule has 1 aliphatic heterocycles. The van der Waals surface area contributed by atoms with E-state index in [4.69, 9.17) is 14.3 Å². The minimum atomic E-state index is -0.0328. The zero-order valence-corrected chi connectivity index (χ0v) is 12.4. The summed E-state index contributed by atoms with van der Waals surface area (Å²) in [7, 11) is 3.17. The quantitative estimate of drug-likeness (QED) is 0.591. The molecule has 1 aromatic carbocycles. The minimum Gasteiger partial charge on any atom is -0.497 e. The Bertz CT molecular complexity index is 510. The summed E-state index contributed by atoms with van der Waals surface area (Å²) in [5, 5.41) is 3.82. The molecule has 21 heavy (non-hydrogen) atoms. The van der Waals surface area contributed by atoms with Crippen molar-refractivity contribution in [3.05, 3.63) is 23.8 Å². The van der Waals surface area contributed by atoms with Gasteiger partial charge in [0.25, 0.3) is 5.91 Å². The third-order valence-corrected chi connectivity index (χ3v) is 3.35. The molecule has 1 saturated heterocycles. The fourth-order valence-corrected chi connectivity index (χ4v) is 2.17. The normalized spacial score (nSPS) is 14.5. The Hall–Kier alpha value is -2.24. The number of hydrogen-bond acceptors (Lipinski definition) is 5. The van der Waals surface area contributed by atoms with Crippen LogP contribution in [-0.2, 0) is 9.63 Å². The number of methoxy groups -OCH3 is 2. The van der Waals surface area contributed by atoms with E-state index in [1.54, 1.807) is 31.3 Å². The number of carbonyl (C=O) groups excluding carboxylic acids is 1. The van der Waals surface area contributed by atoms with E-state index < -0.39 is 0 Å². The number of ether oxygens (including phenoxy) is 2. The summed E-state index contributed by atoms with van der Waals surface area (Å²) in [4.78, 5) is 18.6. The van der Waals surface area contributed by atoms with Gasteiger partial charge in [0.1, 0.15) is 11.5 Å². The average Bonchev–Trinajstić information content (AvgIpc) is 3.05. The van der Waals surface area contributed by atoms with E-state index in [-0.39, 0.29) is 12.5 Å². The van der Waals surface area contributed by atoms with Crippen LogP contribution in [0.25, 0.3) is 0 Å². The lowest BCUT2D eigenvalue weighted by molar-refractivity contribution is -0.134. The first-order chi connectivity index (χ1) is 10.2. The highest BCUT2D eigenvalue weighted by Gasteiger charge is 2.17. The van der Waals surface area contributed by atoms with Gasteiger partial charge in [0.05, 0.1) is 20.4 Å². The van der Waals surface area contributed by atoms with E-state index in [2.05, 4.69) is 5.16 Å². The number of carbonyl (C=O) groups is 1. The molecule has 114 valence electrons. The molecule has 0 N–H and O–H groups in total. The Morgan fingerprint density at radius 3 is 2.71 bits per heavy atom. The Kier molecular flexibility index (Phi) is 5.43. The van der Waals surface area contributed by atoms with Gasteiger partial charge in [-0.2, -0.15) is 0 Å². The third-order valence-electron chi connectivity index (χ3n) is 3.35. The van der Waals surface area contributed by atoms with Gasteiger partial charge >= 0.3 is 0 Å². The van der Waals surface area contributed by atoms with Crippen molar-refractivity contribution < 1.29 is 19.1 Å². The minimum absolute atomic E-state index is 0.0219. The van der Waals surface area contributed by atoms with Crippen molar-refractivity contribution in [3.63, 3.8) is 0 Å². The van der Waals surface area contributed by atoms with Gasteiger partial charge in [0.2, 0.25) is 0 Å². The molecule has 1 amide bonds. The molecule has 0 bridgehead atoms. The Balaban J connectivity index is 1.87. The van der Waals surface area contributed by atoms with E-state index in [9.17, 15) is 4.79 Å². The number of rotatable bonds is 6. The van der Waals surface area contributed by atoms with Gasteiger partial charge in [-0.1, -0.05) is 5.16 Å². The largest absolute Gasteiger partial charge is 0.497 e. The summed E-state index contributed by atoms with van der Waals surface area (Å²) in [5.41, 5.74) is 0.756. The second kappa shape index (κ2) is 7.52. The number of likely N-dealkylation sites (tertiary alicyclic amines) is 1. The maximum absolute atomic E-state index is 11.7. The molecule has 1 fully saturated rings. The highest BCUT2D eigenvalue weighted by molar-refractivity contribution is 5.83. The van der Waals surface area contributed by atoms with Crippen molar-refractivity contribution in [1.29, 1.82) is 0 Å². The Morgan fingerprint density at radius 1 is 1.29 bits per heavy atom. The second-order valence-corrected chi connectivity index (χ2v) is 4.70. The lowest BCUT2D eigenvalue weighted by atomic mass is 10.2.